The smallest absolute Gasteiger partial charge is 0.124 e. The Morgan fingerprint density at radius 2 is 2.17 bits per heavy atom. The molecule has 5 heteroatoms. The number of fused-ring (bicyclic) bond motifs is 2. The standard InChI is InChI=1S/C18H25N5/c1-22-9-7-15(16-4-2-3-5-17(16)22)12-19-10-14-11-20-18-6-8-21-23(18)13-14/h2-6,8,14-15,19-20H,7,9-13H2,1H3/t14-,15+/m1/s1. The van der Waals surface area contributed by atoms with E-state index in [0.29, 0.717) is 11.8 Å². The molecular weight excluding hydrogens is 286 g/mol. The van der Waals surface area contributed by atoms with Crippen LogP contribution in [0.3, 0.4) is 0 Å². The first kappa shape index (κ1) is 14.6. The summed E-state index contributed by atoms with van der Waals surface area (Å²) in [6, 6.07) is 10.9. The van der Waals surface area contributed by atoms with Gasteiger partial charge in [0.2, 0.25) is 0 Å². The largest absolute Gasteiger partial charge is 0.374 e. The fraction of sp³-hybridized carbons (Fsp3) is 0.500. The molecule has 0 bridgehead atoms. The van der Waals surface area contributed by atoms with E-state index in [1.54, 1.807) is 0 Å². The number of nitrogens with one attached hydrogen (secondary N) is 2. The lowest BCUT2D eigenvalue weighted by Crippen LogP contribution is -2.38. The lowest BCUT2D eigenvalue weighted by atomic mass is 9.90. The Kier molecular flexibility index (Phi) is 3.95. The number of rotatable bonds is 4. The van der Waals surface area contributed by atoms with Gasteiger partial charge in [-0.1, -0.05) is 18.2 Å². The molecule has 1 aromatic carbocycles. The van der Waals surface area contributed by atoms with Gasteiger partial charge in [-0.2, -0.15) is 5.10 Å². The summed E-state index contributed by atoms with van der Waals surface area (Å²) in [7, 11) is 2.19. The minimum atomic E-state index is 0.601. The highest BCUT2D eigenvalue weighted by atomic mass is 15.3. The molecule has 2 aliphatic rings. The second-order valence-electron chi connectivity index (χ2n) is 6.77. The highest BCUT2D eigenvalue weighted by Crippen LogP contribution is 2.33. The summed E-state index contributed by atoms with van der Waals surface area (Å²) in [5.74, 6) is 2.37. The fourth-order valence-electron chi connectivity index (χ4n) is 3.80. The third-order valence-corrected chi connectivity index (χ3v) is 5.14. The normalized spacial score (nSPS) is 23.1. The lowest BCUT2D eigenvalue weighted by Gasteiger charge is -2.34. The van der Waals surface area contributed by atoms with Gasteiger partial charge in [0.05, 0.1) is 6.20 Å². The molecule has 2 atom stereocenters. The molecule has 0 unspecified atom stereocenters. The lowest BCUT2D eigenvalue weighted by molar-refractivity contribution is 0.383. The van der Waals surface area contributed by atoms with Crippen LogP contribution in [-0.4, -0.2) is 43.0 Å². The van der Waals surface area contributed by atoms with Crippen molar-refractivity contribution in [2.45, 2.75) is 18.9 Å². The van der Waals surface area contributed by atoms with Crippen LogP contribution in [-0.2, 0) is 6.54 Å². The van der Waals surface area contributed by atoms with Crippen molar-refractivity contribution in [3.8, 4) is 0 Å². The Hall–Kier alpha value is -2.01. The molecule has 1 aromatic heterocycles. The van der Waals surface area contributed by atoms with Gasteiger partial charge in [-0.3, -0.25) is 0 Å². The number of hydrogen-bond donors (Lipinski definition) is 2. The van der Waals surface area contributed by atoms with E-state index in [-0.39, 0.29) is 0 Å². The van der Waals surface area contributed by atoms with Crippen LogP contribution in [0.5, 0.6) is 0 Å². The number of hydrogen-bond acceptors (Lipinski definition) is 4. The van der Waals surface area contributed by atoms with E-state index < -0.39 is 0 Å². The SMILES string of the molecule is CN1CC[C@@H](CNC[C@@H]2CNc3ccnn3C2)c2ccccc21. The molecule has 2 N–H and O–H groups in total. The van der Waals surface area contributed by atoms with Crippen molar-refractivity contribution >= 4 is 11.5 Å². The second-order valence-corrected chi connectivity index (χ2v) is 6.77. The van der Waals surface area contributed by atoms with Crippen molar-refractivity contribution in [3.05, 3.63) is 42.1 Å². The summed E-state index contributed by atoms with van der Waals surface area (Å²) in [5.41, 5.74) is 2.89. The molecule has 0 saturated carbocycles. The first-order chi connectivity index (χ1) is 11.3. The van der Waals surface area contributed by atoms with E-state index in [4.69, 9.17) is 0 Å². The third-order valence-electron chi connectivity index (χ3n) is 5.14. The quantitative estimate of drug-likeness (QED) is 0.908. The molecule has 0 fully saturated rings. The van der Waals surface area contributed by atoms with E-state index in [1.165, 1.54) is 17.7 Å². The van der Waals surface area contributed by atoms with Crippen molar-refractivity contribution in [1.82, 2.24) is 15.1 Å². The molecule has 4 rings (SSSR count). The van der Waals surface area contributed by atoms with Crippen LogP contribution in [0.25, 0.3) is 0 Å². The molecule has 0 radical (unpaired) electrons. The molecule has 0 amide bonds. The number of nitrogens with zero attached hydrogens (tertiary/aromatic N) is 3. The fourth-order valence-corrected chi connectivity index (χ4v) is 3.80. The van der Waals surface area contributed by atoms with Gasteiger partial charge in [0.1, 0.15) is 5.82 Å². The molecule has 2 aromatic rings. The van der Waals surface area contributed by atoms with E-state index in [1.807, 2.05) is 12.3 Å². The van der Waals surface area contributed by atoms with Crippen molar-refractivity contribution in [1.29, 1.82) is 0 Å². The molecule has 0 saturated heterocycles. The minimum Gasteiger partial charge on any atom is -0.374 e. The summed E-state index contributed by atoms with van der Waals surface area (Å²) < 4.78 is 2.07. The van der Waals surface area contributed by atoms with Gasteiger partial charge in [0.15, 0.2) is 0 Å². The summed E-state index contributed by atoms with van der Waals surface area (Å²) in [6.07, 6.45) is 3.10. The number of anilines is 2. The van der Waals surface area contributed by atoms with Crippen LogP contribution in [0, 0.1) is 5.92 Å². The van der Waals surface area contributed by atoms with Crippen LogP contribution < -0.4 is 15.5 Å². The molecule has 0 aliphatic carbocycles. The number of benzene rings is 1. The highest BCUT2D eigenvalue weighted by molar-refractivity contribution is 5.56. The van der Waals surface area contributed by atoms with E-state index in [0.717, 1.165) is 38.5 Å². The van der Waals surface area contributed by atoms with Crippen molar-refractivity contribution in [3.63, 3.8) is 0 Å². The van der Waals surface area contributed by atoms with Gasteiger partial charge in [-0.25, -0.2) is 4.68 Å². The predicted octanol–water partition coefficient (Wildman–Crippen LogP) is 2.14. The Bertz CT molecular complexity index is 665. The molecule has 2 aliphatic heterocycles. The van der Waals surface area contributed by atoms with E-state index in [2.05, 4.69) is 56.6 Å². The molecular formula is C18H25N5. The van der Waals surface area contributed by atoms with Crippen molar-refractivity contribution < 1.29 is 0 Å². The molecule has 0 spiro atoms. The van der Waals surface area contributed by atoms with Gasteiger partial charge in [0.25, 0.3) is 0 Å². The van der Waals surface area contributed by atoms with E-state index >= 15 is 0 Å². The highest BCUT2D eigenvalue weighted by Gasteiger charge is 2.23. The van der Waals surface area contributed by atoms with Crippen molar-refractivity contribution in [2.24, 2.45) is 5.92 Å². The predicted molar refractivity (Wildman–Crippen MR) is 94.1 cm³/mol. The third kappa shape index (κ3) is 2.93. The zero-order valence-corrected chi connectivity index (χ0v) is 13.7. The Balaban J connectivity index is 1.33. The van der Waals surface area contributed by atoms with Crippen LogP contribution in [0.15, 0.2) is 36.5 Å². The maximum absolute atomic E-state index is 4.36. The first-order valence-electron chi connectivity index (χ1n) is 8.58. The molecule has 23 heavy (non-hydrogen) atoms. The molecule has 5 nitrogen and oxygen atoms in total. The zero-order valence-electron chi connectivity index (χ0n) is 13.7. The average Bonchev–Trinajstić information content (AvgIpc) is 3.05. The number of aromatic nitrogens is 2. The van der Waals surface area contributed by atoms with Crippen LogP contribution in [0.2, 0.25) is 0 Å². The van der Waals surface area contributed by atoms with Gasteiger partial charge in [-0.15, -0.1) is 0 Å². The zero-order chi connectivity index (χ0) is 15.6. The minimum absolute atomic E-state index is 0.601. The Labute approximate surface area is 137 Å². The van der Waals surface area contributed by atoms with Crippen LogP contribution >= 0.6 is 0 Å². The second kappa shape index (κ2) is 6.24. The van der Waals surface area contributed by atoms with Crippen LogP contribution in [0.1, 0.15) is 17.9 Å². The monoisotopic (exact) mass is 311 g/mol. The topological polar surface area (TPSA) is 45.1 Å². The maximum Gasteiger partial charge on any atom is 0.124 e. The molecule has 122 valence electrons. The first-order valence-corrected chi connectivity index (χ1v) is 8.58. The Morgan fingerprint density at radius 3 is 3.13 bits per heavy atom. The summed E-state index contributed by atoms with van der Waals surface area (Å²) in [4.78, 5) is 2.37. The summed E-state index contributed by atoms with van der Waals surface area (Å²) in [5, 5.41) is 11.5. The number of para-hydroxylation sites is 1. The summed E-state index contributed by atoms with van der Waals surface area (Å²) >= 11 is 0. The van der Waals surface area contributed by atoms with Crippen LogP contribution in [0.4, 0.5) is 11.5 Å². The Morgan fingerprint density at radius 1 is 1.26 bits per heavy atom. The van der Waals surface area contributed by atoms with Crippen molar-refractivity contribution in [2.75, 3.05) is 43.4 Å². The van der Waals surface area contributed by atoms with Gasteiger partial charge >= 0.3 is 0 Å². The van der Waals surface area contributed by atoms with Gasteiger partial charge in [0, 0.05) is 63.4 Å². The average molecular weight is 311 g/mol. The molecule has 3 heterocycles. The maximum atomic E-state index is 4.36. The van der Waals surface area contributed by atoms with E-state index in [9.17, 15) is 0 Å². The summed E-state index contributed by atoms with van der Waals surface area (Å²) in [6.45, 7) is 5.29. The van der Waals surface area contributed by atoms with Gasteiger partial charge < -0.3 is 15.5 Å². The van der Waals surface area contributed by atoms with Gasteiger partial charge in [-0.05, 0) is 18.1 Å².